The first-order valence-corrected chi connectivity index (χ1v) is 10.2. The number of nitrogens with two attached hydrogens (primary N) is 1. The quantitative estimate of drug-likeness (QED) is 0.789. The van der Waals surface area contributed by atoms with Crippen molar-refractivity contribution in [2.45, 2.75) is 44.1 Å². The van der Waals surface area contributed by atoms with E-state index in [2.05, 4.69) is 5.32 Å². The van der Waals surface area contributed by atoms with E-state index >= 15 is 0 Å². The molecule has 7 heteroatoms. The summed E-state index contributed by atoms with van der Waals surface area (Å²) in [5, 5.41) is 3.27. The molecule has 6 nitrogen and oxygen atoms in total. The van der Waals surface area contributed by atoms with E-state index in [0.29, 0.717) is 27.8 Å². The molecule has 2 aliphatic rings. The molecule has 1 aliphatic heterocycles. The van der Waals surface area contributed by atoms with Gasteiger partial charge in [-0.15, -0.1) is 0 Å². The zero-order chi connectivity index (χ0) is 20.5. The molecule has 1 atom stereocenters. The second-order valence-electron chi connectivity index (χ2n) is 7.55. The van der Waals surface area contributed by atoms with Crippen LogP contribution in [0.3, 0.4) is 0 Å². The zero-order valence-corrected chi connectivity index (χ0v) is 16.6. The maximum atomic E-state index is 12.9. The SMILES string of the molecule is NC(=O)N1C(=O)C(NC(=O)c2ccccc2)c2cc(Cl)c(C3CCCCC3)cc21. The Labute approximate surface area is 174 Å². The van der Waals surface area contributed by atoms with Gasteiger partial charge < -0.3 is 11.1 Å². The highest BCUT2D eigenvalue weighted by Crippen LogP contribution is 2.44. The van der Waals surface area contributed by atoms with Crippen LogP contribution < -0.4 is 16.0 Å². The second-order valence-corrected chi connectivity index (χ2v) is 7.96. The highest BCUT2D eigenvalue weighted by atomic mass is 35.5. The molecule has 1 fully saturated rings. The van der Waals surface area contributed by atoms with Crippen molar-refractivity contribution in [3.05, 3.63) is 64.2 Å². The fraction of sp³-hybridized carbons (Fsp3) is 0.318. The van der Waals surface area contributed by atoms with Gasteiger partial charge >= 0.3 is 6.03 Å². The smallest absolute Gasteiger partial charge is 0.326 e. The van der Waals surface area contributed by atoms with Crippen molar-refractivity contribution in [1.29, 1.82) is 0 Å². The van der Waals surface area contributed by atoms with Crippen LogP contribution in [0.4, 0.5) is 10.5 Å². The van der Waals surface area contributed by atoms with Gasteiger partial charge in [-0.3, -0.25) is 9.59 Å². The molecule has 1 unspecified atom stereocenters. The molecule has 2 aromatic carbocycles. The Morgan fingerprint density at radius 1 is 1.03 bits per heavy atom. The number of rotatable bonds is 3. The number of anilines is 1. The molecule has 150 valence electrons. The van der Waals surface area contributed by atoms with Crippen molar-refractivity contribution in [2.24, 2.45) is 5.73 Å². The molecular formula is C22H22ClN3O3. The standard InChI is InChI=1S/C22H22ClN3O3/c23-17-11-16-18(12-15(17)13-7-3-1-4-8-13)26(22(24)29)21(28)19(16)25-20(27)14-9-5-2-6-10-14/h2,5-6,9-13,19H,1,3-4,7-8H2,(H2,24,29)(H,25,27). The second kappa shape index (κ2) is 7.87. The predicted molar refractivity (Wildman–Crippen MR) is 111 cm³/mol. The van der Waals surface area contributed by atoms with Gasteiger partial charge in [0.05, 0.1) is 5.69 Å². The van der Waals surface area contributed by atoms with Gasteiger partial charge in [-0.25, -0.2) is 9.69 Å². The molecular weight excluding hydrogens is 390 g/mol. The van der Waals surface area contributed by atoms with Crippen molar-refractivity contribution < 1.29 is 14.4 Å². The summed E-state index contributed by atoms with van der Waals surface area (Å²) in [4.78, 5) is 38.5. The lowest BCUT2D eigenvalue weighted by atomic mass is 9.83. The minimum atomic E-state index is -1.01. The molecule has 0 radical (unpaired) electrons. The molecule has 29 heavy (non-hydrogen) atoms. The van der Waals surface area contributed by atoms with Crippen molar-refractivity contribution in [3.8, 4) is 0 Å². The number of urea groups is 1. The fourth-order valence-corrected chi connectivity index (χ4v) is 4.62. The summed E-state index contributed by atoms with van der Waals surface area (Å²) in [7, 11) is 0. The van der Waals surface area contributed by atoms with Gasteiger partial charge in [-0.2, -0.15) is 0 Å². The lowest BCUT2D eigenvalue weighted by Gasteiger charge is -2.24. The number of nitrogens with one attached hydrogen (secondary N) is 1. The van der Waals surface area contributed by atoms with Crippen molar-refractivity contribution in [2.75, 3.05) is 4.90 Å². The Morgan fingerprint density at radius 3 is 2.38 bits per heavy atom. The summed E-state index contributed by atoms with van der Waals surface area (Å²) < 4.78 is 0. The van der Waals surface area contributed by atoms with Crippen LogP contribution in [0, 0.1) is 0 Å². The summed E-state index contributed by atoms with van der Waals surface area (Å²) in [5.74, 6) is -0.688. The van der Waals surface area contributed by atoms with Gasteiger partial charge in [0, 0.05) is 16.1 Å². The molecule has 4 amide bonds. The van der Waals surface area contributed by atoms with Gasteiger partial charge in [-0.1, -0.05) is 49.1 Å². The maximum Gasteiger partial charge on any atom is 0.326 e. The molecule has 0 saturated heterocycles. The maximum absolute atomic E-state index is 12.9. The van der Waals surface area contributed by atoms with Crippen molar-refractivity contribution >= 4 is 35.1 Å². The van der Waals surface area contributed by atoms with Crippen LogP contribution >= 0.6 is 11.6 Å². The van der Waals surface area contributed by atoms with Crippen LogP contribution in [-0.2, 0) is 4.79 Å². The van der Waals surface area contributed by atoms with Crippen LogP contribution in [0.15, 0.2) is 42.5 Å². The third kappa shape index (κ3) is 3.60. The number of benzene rings is 2. The number of primary amides is 1. The molecule has 1 saturated carbocycles. The zero-order valence-electron chi connectivity index (χ0n) is 15.9. The molecule has 2 aromatic rings. The van der Waals surface area contributed by atoms with Gasteiger partial charge in [0.1, 0.15) is 6.04 Å². The lowest BCUT2D eigenvalue weighted by Crippen LogP contribution is -2.42. The van der Waals surface area contributed by atoms with Crippen LogP contribution in [0.2, 0.25) is 5.02 Å². The van der Waals surface area contributed by atoms with Crippen LogP contribution in [0.25, 0.3) is 0 Å². The van der Waals surface area contributed by atoms with Gasteiger partial charge in [0.15, 0.2) is 0 Å². The molecule has 1 aliphatic carbocycles. The van der Waals surface area contributed by atoms with E-state index in [-0.39, 0.29) is 0 Å². The van der Waals surface area contributed by atoms with Gasteiger partial charge in [-0.05, 0) is 48.6 Å². The third-order valence-corrected chi connectivity index (χ3v) is 6.07. The number of carbonyl (C=O) groups excluding carboxylic acids is 3. The lowest BCUT2D eigenvalue weighted by molar-refractivity contribution is -0.119. The first-order valence-electron chi connectivity index (χ1n) is 9.80. The Hall–Kier alpha value is -2.86. The number of fused-ring (bicyclic) bond motifs is 1. The summed E-state index contributed by atoms with van der Waals surface area (Å²) >= 11 is 6.58. The van der Waals surface area contributed by atoms with E-state index in [1.165, 1.54) is 6.42 Å². The summed E-state index contributed by atoms with van der Waals surface area (Å²) in [6.07, 6.45) is 5.52. The number of imide groups is 1. The average Bonchev–Trinajstić information content (AvgIpc) is 2.99. The van der Waals surface area contributed by atoms with Crippen LogP contribution in [0.5, 0.6) is 0 Å². The average molecular weight is 412 g/mol. The van der Waals surface area contributed by atoms with Crippen molar-refractivity contribution in [3.63, 3.8) is 0 Å². The Kier molecular flexibility index (Phi) is 5.28. The molecule has 4 rings (SSSR count). The van der Waals surface area contributed by atoms with Crippen LogP contribution in [-0.4, -0.2) is 17.8 Å². The summed E-state index contributed by atoms with van der Waals surface area (Å²) in [5.41, 5.74) is 7.74. The summed E-state index contributed by atoms with van der Waals surface area (Å²) in [6, 6.07) is 10.2. The van der Waals surface area contributed by atoms with E-state index < -0.39 is 23.9 Å². The van der Waals surface area contributed by atoms with E-state index in [0.717, 1.165) is 36.1 Å². The third-order valence-electron chi connectivity index (χ3n) is 5.74. The highest BCUT2D eigenvalue weighted by Gasteiger charge is 2.42. The number of hydrogen-bond donors (Lipinski definition) is 2. The molecule has 0 spiro atoms. The van der Waals surface area contributed by atoms with Gasteiger partial charge in [0.2, 0.25) is 0 Å². The largest absolute Gasteiger partial charge is 0.351 e. The summed E-state index contributed by atoms with van der Waals surface area (Å²) in [6.45, 7) is 0. The minimum absolute atomic E-state index is 0.296. The molecule has 1 heterocycles. The Morgan fingerprint density at radius 2 is 1.72 bits per heavy atom. The first-order chi connectivity index (χ1) is 14.0. The number of amides is 4. The Bertz CT molecular complexity index is 971. The highest BCUT2D eigenvalue weighted by molar-refractivity contribution is 6.32. The van der Waals surface area contributed by atoms with E-state index in [9.17, 15) is 14.4 Å². The topological polar surface area (TPSA) is 92.5 Å². The minimum Gasteiger partial charge on any atom is -0.351 e. The molecule has 0 bridgehead atoms. The molecule has 3 N–H and O–H groups in total. The van der Waals surface area contributed by atoms with E-state index in [1.807, 2.05) is 0 Å². The molecule has 0 aromatic heterocycles. The van der Waals surface area contributed by atoms with Crippen LogP contribution in [0.1, 0.15) is 65.5 Å². The number of halogens is 1. The predicted octanol–water partition coefficient (Wildman–Crippen LogP) is 4.28. The number of carbonyl (C=O) groups is 3. The monoisotopic (exact) mass is 411 g/mol. The Balaban J connectivity index is 1.71. The first kappa shape index (κ1) is 19.5. The van der Waals surface area contributed by atoms with Crippen molar-refractivity contribution in [1.82, 2.24) is 5.32 Å². The number of hydrogen-bond acceptors (Lipinski definition) is 3. The van der Waals surface area contributed by atoms with Gasteiger partial charge in [0.25, 0.3) is 11.8 Å². The number of nitrogens with zero attached hydrogens (tertiary/aromatic N) is 1. The fourth-order valence-electron chi connectivity index (χ4n) is 4.30. The van der Waals surface area contributed by atoms with E-state index in [1.54, 1.807) is 42.5 Å². The normalized spacial score (nSPS) is 19.1. The van der Waals surface area contributed by atoms with E-state index in [4.69, 9.17) is 17.3 Å².